The molecule has 164 valence electrons. The lowest BCUT2D eigenvalue weighted by Crippen LogP contribution is -2.32. The van der Waals surface area contributed by atoms with E-state index in [-0.39, 0.29) is 12.5 Å². The molecule has 0 aliphatic carbocycles. The van der Waals surface area contributed by atoms with Crippen LogP contribution in [0.1, 0.15) is 35.1 Å². The molecule has 5 nitrogen and oxygen atoms in total. The summed E-state index contributed by atoms with van der Waals surface area (Å²) in [5.41, 5.74) is 5.34. The minimum Gasteiger partial charge on any atom is -0.355 e. The summed E-state index contributed by atoms with van der Waals surface area (Å²) in [6, 6.07) is 14.1. The third-order valence-corrected chi connectivity index (χ3v) is 7.13. The lowest BCUT2D eigenvalue weighted by Gasteiger charge is -2.23. The smallest absolute Gasteiger partial charge is 0.232 e. The van der Waals surface area contributed by atoms with Gasteiger partial charge in [-0.2, -0.15) is 11.8 Å². The number of carbonyl (C=O) groups is 1. The van der Waals surface area contributed by atoms with Crippen LogP contribution in [-0.4, -0.2) is 39.4 Å². The molecule has 0 aliphatic heterocycles. The first-order valence-electron chi connectivity index (χ1n) is 10.1. The Morgan fingerprint density at radius 3 is 2.37 bits per heavy atom. The molecule has 0 saturated carbocycles. The molecular formula is C23H32N2O3S2. The molecule has 0 bridgehead atoms. The first kappa shape index (κ1) is 24.3. The molecule has 1 amide bonds. The number of aryl methyl sites for hydroxylation is 3. The van der Waals surface area contributed by atoms with E-state index in [4.69, 9.17) is 0 Å². The minimum absolute atomic E-state index is 0.0422. The van der Waals surface area contributed by atoms with Gasteiger partial charge in [0.1, 0.15) is 0 Å². The molecule has 0 aliphatic rings. The Balaban J connectivity index is 1.72. The summed E-state index contributed by atoms with van der Waals surface area (Å²) >= 11 is 1.78. The average molecular weight is 449 g/mol. The van der Waals surface area contributed by atoms with Crippen molar-refractivity contribution in [2.24, 2.45) is 0 Å². The highest BCUT2D eigenvalue weighted by Crippen LogP contribution is 2.21. The van der Waals surface area contributed by atoms with Crippen molar-refractivity contribution in [3.8, 4) is 0 Å². The molecule has 0 atom stereocenters. The van der Waals surface area contributed by atoms with Gasteiger partial charge in [-0.25, -0.2) is 8.42 Å². The van der Waals surface area contributed by atoms with Crippen LogP contribution in [0.15, 0.2) is 42.5 Å². The van der Waals surface area contributed by atoms with Crippen LogP contribution in [0, 0.1) is 20.8 Å². The normalized spacial score (nSPS) is 11.3. The standard InChI is InChI=1S/C23H32N2O3S2/c1-18-7-10-21(11-8-18)17-29-15-13-24-23(26)6-5-14-25(30(4,27)28)22-12-9-19(2)20(3)16-22/h7-12,16H,5-6,13-15,17H2,1-4H3,(H,24,26). The first-order valence-corrected chi connectivity index (χ1v) is 13.1. The molecule has 0 fully saturated rings. The fourth-order valence-electron chi connectivity index (χ4n) is 2.98. The Hall–Kier alpha value is -1.99. The molecule has 2 aromatic rings. The Morgan fingerprint density at radius 2 is 1.73 bits per heavy atom. The van der Waals surface area contributed by atoms with Gasteiger partial charge in [-0.1, -0.05) is 35.9 Å². The quantitative estimate of drug-likeness (QED) is 0.523. The maximum absolute atomic E-state index is 12.2. The van der Waals surface area contributed by atoms with Crippen LogP contribution in [0.3, 0.4) is 0 Å². The number of benzene rings is 2. The number of nitrogens with one attached hydrogen (secondary N) is 1. The second kappa shape index (κ2) is 11.4. The summed E-state index contributed by atoms with van der Waals surface area (Å²) in [6.07, 6.45) is 1.98. The van der Waals surface area contributed by atoms with Crippen molar-refractivity contribution in [1.29, 1.82) is 0 Å². The summed E-state index contributed by atoms with van der Waals surface area (Å²) in [5.74, 6) is 1.73. The van der Waals surface area contributed by atoms with Crippen LogP contribution in [-0.2, 0) is 20.6 Å². The van der Waals surface area contributed by atoms with Crippen LogP contribution in [0.5, 0.6) is 0 Å². The van der Waals surface area contributed by atoms with Crippen molar-refractivity contribution in [2.75, 3.05) is 29.4 Å². The van der Waals surface area contributed by atoms with Gasteiger partial charge >= 0.3 is 0 Å². The van der Waals surface area contributed by atoms with Crippen molar-refractivity contribution < 1.29 is 13.2 Å². The van der Waals surface area contributed by atoms with E-state index in [0.29, 0.717) is 25.1 Å². The molecule has 30 heavy (non-hydrogen) atoms. The summed E-state index contributed by atoms with van der Waals surface area (Å²) in [5, 5.41) is 2.92. The molecule has 2 aromatic carbocycles. The maximum Gasteiger partial charge on any atom is 0.232 e. The molecule has 1 N–H and O–H groups in total. The average Bonchev–Trinajstić information content (AvgIpc) is 2.68. The largest absolute Gasteiger partial charge is 0.355 e. The molecule has 0 unspecified atom stereocenters. The lowest BCUT2D eigenvalue weighted by molar-refractivity contribution is -0.121. The molecule has 0 aromatic heterocycles. The van der Waals surface area contributed by atoms with E-state index >= 15 is 0 Å². The third-order valence-electron chi connectivity index (χ3n) is 4.90. The van der Waals surface area contributed by atoms with E-state index in [2.05, 4.69) is 36.5 Å². The second-order valence-electron chi connectivity index (χ2n) is 7.60. The van der Waals surface area contributed by atoms with E-state index in [0.717, 1.165) is 22.6 Å². The van der Waals surface area contributed by atoms with Crippen molar-refractivity contribution >= 4 is 33.4 Å². The minimum atomic E-state index is -3.40. The highest BCUT2D eigenvalue weighted by atomic mass is 32.2. The molecule has 7 heteroatoms. The number of nitrogens with zero attached hydrogens (tertiary/aromatic N) is 1. The Bertz CT molecular complexity index is 941. The number of sulfonamides is 1. The van der Waals surface area contributed by atoms with Crippen LogP contribution in [0.4, 0.5) is 5.69 Å². The van der Waals surface area contributed by atoms with E-state index in [1.807, 2.05) is 32.0 Å². The summed E-state index contributed by atoms with van der Waals surface area (Å²) in [4.78, 5) is 12.1. The molecule has 0 radical (unpaired) electrons. The summed E-state index contributed by atoms with van der Waals surface area (Å²) < 4.78 is 25.8. The van der Waals surface area contributed by atoms with E-state index in [1.165, 1.54) is 21.7 Å². The van der Waals surface area contributed by atoms with Gasteiger partial charge < -0.3 is 5.32 Å². The molecule has 0 spiro atoms. The number of thioether (sulfide) groups is 1. The topological polar surface area (TPSA) is 66.5 Å². The summed E-state index contributed by atoms with van der Waals surface area (Å²) in [7, 11) is -3.40. The van der Waals surface area contributed by atoms with Gasteiger partial charge in [0, 0.05) is 31.0 Å². The summed E-state index contributed by atoms with van der Waals surface area (Å²) in [6.45, 7) is 6.93. The van der Waals surface area contributed by atoms with Gasteiger partial charge in [-0.05, 0) is 56.0 Å². The third kappa shape index (κ3) is 8.03. The van der Waals surface area contributed by atoms with Crippen molar-refractivity contribution in [3.63, 3.8) is 0 Å². The van der Waals surface area contributed by atoms with E-state index in [9.17, 15) is 13.2 Å². The Kier molecular flexibility index (Phi) is 9.24. The zero-order valence-corrected chi connectivity index (χ0v) is 19.9. The van der Waals surface area contributed by atoms with E-state index < -0.39 is 10.0 Å². The zero-order chi connectivity index (χ0) is 22.1. The SMILES string of the molecule is Cc1ccc(CSCCNC(=O)CCCN(c2ccc(C)c(C)c2)S(C)(=O)=O)cc1. The molecule has 0 saturated heterocycles. The fourth-order valence-corrected chi connectivity index (χ4v) is 4.75. The number of amides is 1. The second-order valence-corrected chi connectivity index (χ2v) is 10.6. The van der Waals surface area contributed by atoms with Gasteiger partial charge in [-0.3, -0.25) is 9.10 Å². The number of rotatable bonds is 11. The highest BCUT2D eigenvalue weighted by Gasteiger charge is 2.18. The van der Waals surface area contributed by atoms with Crippen LogP contribution in [0.2, 0.25) is 0 Å². The van der Waals surface area contributed by atoms with E-state index in [1.54, 1.807) is 11.8 Å². The highest BCUT2D eigenvalue weighted by molar-refractivity contribution is 7.98. The first-order chi connectivity index (χ1) is 14.2. The molecule has 0 heterocycles. The van der Waals surface area contributed by atoms with Crippen molar-refractivity contribution in [1.82, 2.24) is 5.32 Å². The van der Waals surface area contributed by atoms with Gasteiger partial charge in [-0.15, -0.1) is 0 Å². The monoisotopic (exact) mass is 448 g/mol. The maximum atomic E-state index is 12.2. The predicted molar refractivity (Wildman–Crippen MR) is 128 cm³/mol. The number of carbonyl (C=O) groups excluding carboxylic acids is 1. The number of hydrogen-bond donors (Lipinski definition) is 1. The number of hydrogen-bond acceptors (Lipinski definition) is 4. The number of anilines is 1. The Morgan fingerprint density at radius 1 is 1.03 bits per heavy atom. The predicted octanol–water partition coefficient (Wildman–Crippen LogP) is 4.21. The van der Waals surface area contributed by atoms with Gasteiger partial charge in [0.2, 0.25) is 15.9 Å². The van der Waals surface area contributed by atoms with Crippen LogP contribution >= 0.6 is 11.8 Å². The molecular weight excluding hydrogens is 416 g/mol. The van der Waals surface area contributed by atoms with Crippen LogP contribution in [0.25, 0.3) is 0 Å². The Labute approximate surface area is 185 Å². The zero-order valence-electron chi connectivity index (χ0n) is 18.3. The fraction of sp³-hybridized carbons (Fsp3) is 0.435. The van der Waals surface area contributed by atoms with Crippen molar-refractivity contribution in [3.05, 3.63) is 64.7 Å². The molecule has 2 rings (SSSR count). The van der Waals surface area contributed by atoms with Gasteiger partial charge in [0.05, 0.1) is 11.9 Å². The van der Waals surface area contributed by atoms with Crippen LogP contribution < -0.4 is 9.62 Å². The van der Waals surface area contributed by atoms with Gasteiger partial charge in [0.25, 0.3) is 0 Å². The van der Waals surface area contributed by atoms with Gasteiger partial charge in [0.15, 0.2) is 0 Å². The van der Waals surface area contributed by atoms with Crippen molar-refractivity contribution in [2.45, 2.75) is 39.4 Å². The lowest BCUT2D eigenvalue weighted by atomic mass is 10.1.